The van der Waals surface area contributed by atoms with Crippen molar-refractivity contribution in [3.63, 3.8) is 0 Å². The summed E-state index contributed by atoms with van der Waals surface area (Å²) in [5.41, 5.74) is 21.9. The highest BCUT2D eigenvalue weighted by molar-refractivity contribution is 5.80. The Hall–Kier alpha value is -7.04. The van der Waals surface area contributed by atoms with Gasteiger partial charge in [-0.15, -0.1) is 0 Å². The van der Waals surface area contributed by atoms with Crippen LogP contribution >= 0.6 is 0 Å². The van der Waals surface area contributed by atoms with Crippen LogP contribution in [0.3, 0.4) is 0 Å². The third-order valence-electron chi connectivity index (χ3n) is 10.0. The SMILES string of the molecule is CNc1ccc(Cc2ccc(N(c3ccccc3)c3ccc(-c4ccc(N(c5ccccc5)c5ccc(Cc6ccc(N)cc6)cc5)cc4)cc3)cc2)cc1. The molecule has 8 aromatic carbocycles. The van der Waals surface area contributed by atoms with Gasteiger partial charge in [-0.3, -0.25) is 0 Å². The topological polar surface area (TPSA) is 44.5 Å². The van der Waals surface area contributed by atoms with Gasteiger partial charge in [0, 0.05) is 52.5 Å². The Labute approximate surface area is 324 Å². The summed E-state index contributed by atoms with van der Waals surface area (Å²) in [6, 6.07) is 73.4. The number of hydrogen-bond acceptors (Lipinski definition) is 4. The molecular weight excluding hydrogens is 669 g/mol. The van der Waals surface area contributed by atoms with E-state index in [0.717, 1.165) is 58.3 Å². The largest absolute Gasteiger partial charge is 0.399 e. The second-order valence-electron chi connectivity index (χ2n) is 13.8. The first-order chi connectivity index (χ1) is 27.1. The van der Waals surface area contributed by atoms with Gasteiger partial charge in [-0.25, -0.2) is 0 Å². The lowest BCUT2D eigenvalue weighted by Gasteiger charge is -2.26. The minimum Gasteiger partial charge on any atom is -0.399 e. The van der Waals surface area contributed by atoms with Gasteiger partial charge >= 0.3 is 0 Å². The van der Waals surface area contributed by atoms with Gasteiger partial charge < -0.3 is 20.9 Å². The quantitative estimate of drug-likeness (QED) is 0.124. The summed E-state index contributed by atoms with van der Waals surface area (Å²) in [6.45, 7) is 0. The predicted molar refractivity (Wildman–Crippen MR) is 234 cm³/mol. The van der Waals surface area contributed by atoms with Crippen molar-refractivity contribution in [3.8, 4) is 11.1 Å². The molecule has 0 spiro atoms. The molecule has 4 nitrogen and oxygen atoms in total. The molecule has 0 radical (unpaired) electrons. The summed E-state index contributed by atoms with van der Waals surface area (Å²) in [5, 5.41) is 3.20. The first-order valence-corrected chi connectivity index (χ1v) is 18.8. The molecule has 0 aliphatic heterocycles. The first-order valence-electron chi connectivity index (χ1n) is 18.8. The third-order valence-corrected chi connectivity index (χ3v) is 10.0. The van der Waals surface area contributed by atoms with E-state index in [-0.39, 0.29) is 0 Å². The number of nitrogen functional groups attached to an aromatic ring is 1. The van der Waals surface area contributed by atoms with E-state index in [0.29, 0.717) is 0 Å². The van der Waals surface area contributed by atoms with Crippen LogP contribution in [0.5, 0.6) is 0 Å². The highest BCUT2D eigenvalue weighted by Gasteiger charge is 2.15. The molecule has 0 atom stereocenters. The molecule has 0 saturated heterocycles. The number of nitrogens with zero attached hydrogens (tertiary/aromatic N) is 2. The van der Waals surface area contributed by atoms with Crippen LogP contribution in [0.1, 0.15) is 22.3 Å². The number of rotatable bonds is 12. The van der Waals surface area contributed by atoms with E-state index in [4.69, 9.17) is 5.73 Å². The van der Waals surface area contributed by atoms with Crippen LogP contribution in [-0.4, -0.2) is 7.05 Å². The number of nitrogens with two attached hydrogens (primary N) is 1. The third kappa shape index (κ3) is 8.30. The fourth-order valence-electron chi connectivity index (χ4n) is 7.08. The summed E-state index contributed by atoms with van der Waals surface area (Å²) in [6.07, 6.45) is 1.76. The van der Waals surface area contributed by atoms with Gasteiger partial charge in [0.25, 0.3) is 0 Å². The highest BCUT2D eigenvalue weighted by atomic mass is 15.1. The first kappa shape index (κ1) is 35.0. The summed E-state index contributed by atoms with van der Waals surface area (Å²) < 4.78 is 0. The number of anilines is 8. The zero-order valence-corrected chi connectivity index (χ0v) is 31.0. The van der Waals surface area contributed by atoms with Crippen molar-refractivity contribution < 1.29 is 0 Å². The Kier molecular flexibility index (Phi) is 10.4. The molecule has 55 heavy (non-hydrogen) atoms. The van der Waals surface area contributed by atoms with Crippen molar-refractivity contribution in [2.75, 3.05) is 27.9 Å². The van der Waals surface area contributed by atoms with Crippen molar-refractivity contribution >= 4 is 45.5 Å². The number of para-hydroxylation sites is 2. The number of benzene rings is 8. The number of hydrogen-bond donors (Lipinski definition) is 2. The molecule has 3 N–H and O–H groups in total. The average molecular weight is 713 g/mol. The van der Waals surface area contributed by atoms with E-state index in [1.165, 1.54) is 33.4 Å². The smallest absolute Gasteiger partial charge is 0.0462 e. The molecule has 0 aliphatic rings. The molecule has 0 saturated carbocycles. The van der Waals surface area contributed by atoms with Crippen molar-refractivity contribution in [1.29, 1.82) is 0 Å². The van der Waals surface area contributed by atoms with Crippen LogP contribution in [0.25, 0.3) is 11.1 Å². The van der Waals surface area contributed by atoms with E-state index in [9.17, 15) is 0 Å². The van der Waals surface area contributed by atoms with E-state index >= 15 is 0 Å². The minimum atomic E-state index is 0.788. The van der Waals surface area contributed by atoms with Gasteiger partial charge in [0.1, 0.15) is 0 Å². The van der Waals surface area contributed by atoms with Crippen LogP contribution in [0, 0.1) is 0 Å². The van der Waals surface area contributed by atoms with Crippen molar-refractivity contribution in [2.45, 2.75) is 12.8 Å². The van der Waals surface area contributed by atoms with Gasteiger partial charge in [0.2, 0.25) is 0 Å². The monoisotopic (exact) mass is 712 g/mol. The molecule has 0 heterocycles. The minimum absolute atomic E-state index is 0.788. The average Bonchev–Trinajstić information content (AvgIpc) is 3.25. The Morgan fingerprint density at radius 3 is 0.982 bits per heavy atom. The Morgan fingerprint density at radius 1 is 0.345 bits per heavy atom. The van der Waals surface area contributed by atoms with Gasteiger partial charge in [-0.1, -0.05) is 109 Å². The maximum absolute atomic E-state index is 5.90. The Morgan fingerprint density at radius 2 is 0.636 bits per heavy atom. The molecule has 4 heteroatoms. The maximum atomic E-state index is 5.90. The summed E-state index contributed by atoms with van der Waals surface area (Å²) >= 11 is 0. The van der Waals surface area contributed by atoms with Crippen molar-refractivity contribution in [3.05, 3.63) is 229 Å². The molecule has 0 fully saturated rings. The summed E-state index contributed by atoms with van der Waals surface area (Å²) in [4.78, 5) is 4.62. The Bertz CT molecular complexity index is 2410. The zero-order chi connectivity index (χ0) is 37.4. The summed E-state index contributed by atoms with van der Waals surface area (Å²) in [5.74, 6) is 0. The lowest BCUT2D eigenvalue weighted by atomic mass is 10.0. The molecule has 8 rings (SSSR count). The van der Waals surface area contributed by atoms with E-state index in [1.54, 1.807) is 0 Å². The predicted octanol–water partition coefficient (Wildman–Crippen LogP) is 13.1. The van der Waals surface area contributed by atoms with Crippen molar-refractivity contribution in [2.24, 2.45) is 0 Å². The van der Waals surface area contributed by atoms with Gasteiger partial charge in [0.05, 0.1) is 0 Å². The molecule has 0 bridgehead atoms. The van der Waals surface area contributed by atoms with Gasteiger partial charge in [-0.2, -0.15) is 0 Å². The van der Waals surface area contributed by atoms with Crippen molar-refractivity contribution in [1.82, 2.24) is 0 Å². The van der Waals surface area contributed by atoms with E-state index < -0.39 is 0 Å². The molecule has 0 amide bonds. The van der Waals surface area contributed by atoms with Crippen LogP contribution in [0.15, 0.2) is 206 Å². The lowest BCUT2D eigenvalue weighted by molar-refractivity contribution is 1.18. The van der Waals surface area contributed by atoms with E-state index in [2.05, 4.69) is 209 Å². The Balaban J connectivity index is 1.02. The fourth-order valence-corrected chi connectivity index (χ4v) is 7.08. The van der Waals surface area contributed by atoms with Crippen LogP contribution in [-0.2, 0) is 12.8 Å². The summed E-state index contributed by atoms with van der Waals surface area (Å²) in [7, 11) is 1.95. The van der Waals surface area contributed by atoms with E-state index in [1.807, 2.05) is 19.2 Å². The molecular formula is C51H44N4. The second kappa shape index (κ2) is 16.3. The van der Waals surface area contributed by atoms with Crippen LogP contribution < -0.4 is 20.9 Å². The lowest BCUT2D eigenvalue weighted by Crippen LogP contribution is -2.10. The van der Waals surface area contributed by atoms with Crippen LogP contribution in [0.4, 0.5) is 45.5 Å². The maximum Gasteiger partial charge on any atom is 0.0462 e. The molecule has 0 aliphatic carbocycles. The van der Waals surface area contributed by atoms with Gasteiger partial charge in [-0.05, 0) is 143 Å². The fraction of sp³-hybridized carbons (Fsp3) is 0.0588. The van der Waals surface area contributed by atoms with Gasteiger partial charge in [0.15, 0.2) is 0 Å². The second-order valence-corrected chi connectivity index (χ2v) is 13.8. The zero-order valence-electron chi connectivity index (χ0n) is 31.0. The molecule has 0 unspecified atom stereocenters. The molecule has 0 aromatic heterocycles. The molecule has 268 valence electrons. The normalized spacial score (nSPS) is 10.9. The van der Waals surface area contributed by atoms with Crippen LogP contribution in [0.2, 0.25) is 0 Å². The number of nitrogens with one attached hydrogen (secondary N) is 1. The highest BCUT2D eigenvalue weighted by Crippen LogP contribution is 2.38. The molecule has 8 aromatic rings. The standard InChI is InChI=1S/C51H44N4/c1-53-45-26-14-39(15-27-45)37-41-18-30-49(31-19-41)55(47-10-6-3-7-11-47)51-34-22-43(23-35-51)42-20-32-50(33-21-42)54(46-8-4-2-5-9-46)48-28-16-40(17-29-48)36-38-12-24-44(52)25-13-38/h2-35,53H,36-37,52H2,1H3.